The van der Waals surface area contributed by atoms with Crippen LogP contribution in [0.4, 0.5) is 10.2 Å². The largest absolute Gasteiger partial charge is 0.458 e. The first-order chi connectivity index (χ1) is 11.2. The Kier molecular flexibility index (Phi) is 4.64. The van der Waals surface area contributed by atoms with E-state index in [1.165, 1.54) is 6.33 Å². The maximum absolute atomic E-state index is 14.4. The molecule has 1 aliphatic rings. The van der Waals surface area contributed by atoms with E-state index in [0.29, 0.717) is 30.5 Å². The molecule has 3 heterocycles. The molecule has 122 valence electrons. The minimum Gasteiger partial charge on any atom is -0.458 e. The summed E-state index contributed by atoms with van der Waals surface area (Å²) in [5.74, 6) is 0.0252. The van der Waals surface area contributed by atoms with Crippen LogP contribution in [0, 0.1) is 12.7 Å². The zero-order valence-electron chi connectivity index (χ0n) is 13.4. The van der Waals surface area contributed by atoms with Crippen molar-refractivity contribution in [1.29, 1.82) is 0 Å². The third kappa shape index (κ3) is 3.55. The Morgan fingerprint density at radius 2 is 2.04 bits per heavy atom. The monoisotopic (exact) mass is 317 g/mol. The highest BCUT2D eigenvalue weighted by molar-refractivity contribution is 5.41. The van der Waals surface area contributed by atoms with Gasteiger partial charge in [-0.3, -0.25) is 0 Å². The van der Waals surface area contributed by atoms with E-state index in [-0.39, 0.29) is 11.9 Å². The Morgan fingerprint density at radius 3 is 2.78 bits per heavy atom. The number of hydrogen-bond acceptors (Lipinski definition) is 6. The highest BCUT2D eigenvalue weighted by atomic mass is 19.1. The molecule has 1 fully saturated rings. The smallest absolute Gasteiger partial charge is 0.316 e. The number of aromatic nitrogens is 4. The Hall–Kier alpha value is -2.31. The first kappa shape index (κ1) is 15.6. The standard InChI is InChI=1S/C16H20FN5O/c1-3-13-14(17)15(21-10-20-13)22-6-4-5-12(9-22)23-16-18-7-11(2)8-19-16/h7-8,10,12H,3-6,9H2,1-2H3. The van der Waals surface area contributed by atoms with Crippen molar-refractivity contribution < 1.29 is 9.13 Å². The average molecular weight is 317 g/mol. The molecular formula is C16H20FN5O. The number of hydrogen-bond donors (Lipinski definition) is 0. The summed E-state index contributed by atoms with van der Waals surface area (Å²) in [7, 11) is 0. The molecule has 1 atom stereocenters. The zero-order chi connectivity index (χ0) is 16.2. The molecule has 0 spiro atoms. The van der Waals surface area contributed by atoms with E-state index < -0.39 is 0 Å². The highest BCUT2D eigenvalue weighted by Crippen LogP contribution is 2.23. The maximum atomic E-state index is 14.4. The van der Waals surface area contributed by atoms with Gasteiger partial charge >= 0.3 is 6.01 Å². The Bertz CT molecular complexity index is 664. The molecule has 2 aromatic heterocycles. The highest BCUT2D eigenvalue weighted by Gasteiger charge is 2.26. The third-order valence-electron chi connectivity index (χ3n) is 3.89. The molecule has 0 bridgehead atoms. The molecule has 7 heteroatoms. The molecule has 0 amide bonds. The Labute approximate surface area is 134 Å². The SMILES string of the molecule is CCc1ncnc(N2CCCC(Oc3ncc(C)cn3)C2)c1F. The van der Waals surface area contributed by atoms with Crippen molar-refractivity contribution >= 4 is 5.82 Å². The van der Waals surface area contributed by atoms with E-state index in [1.54, 1.807) is 12.4 Å². The van der Waals surface area contributed by atoms with Gasteiger partial charge in [0.15, 0.2) is 11.6 Å². The molecule has 3 rings (SSSR count). The topological polar surface area (TPSA) is 64.0 Å². The second-order valence-corrected chi connectivity index (χ2v) is 5.68. The van der Waals surface area contributed by atoms with Gasteiger partial charge < -0.3 is 9.64 Å². The molecule has 0 radical (unpaired) electrons. The van der Waals surface area contributed by atoms with Gasteiger partial charge in [-0.25, -0.2) is 24.3 Å². The van der Waals surface area contributed by atoms with Gasteiger partial charge in [-0.2, -0.15) is 0 Å². The Balaban J connectivity index is 1.72. The average Bonchev–Trinajstić information content (AvgIpc) is 2.57. The molecule has 23 heavy (non-hydrogen) atoms. The van der Waals surface area contributed by atoms with E-state index >= 15 is 0 Å². The number of ether oxygens (including phenoxy) is 1. The van der Waals surface area contributed by atoms with E-state index in [9.17, 15) is 4.39 Å². The Morgan fingerprint density at radius 1 is 1.26 bits per heavy atom. The van der Waals surface area contributed by atoms with Crippen molar-refractivity contribution in [2.45, 2.75) is 39.2 Å². The van der Waals surface area contributed by atoms with Crippen LogP contribution in [-0.4, -0.2) is 39.1 Å². The van der Waals surface area contributed by atoms with Crippen LogP contribution < -0.4 is 9.64 Å². The van der Waals surface area contributed by atoms with Gasteiger partial charge in [0.25, 0.3) is 0 Å². The van der Waals surface area contributed by atoms with Gasteiger partial charge in [0.05, 0.1) is 12.2 Å². The fraction of sp³-hybridized carbons (Fsp3) is 0.500. The number of nitrogens with zero attached hydrogens (tertiary/aromatic N) is 5. The molecule has 1 saturated heterocycles. The van der Waals surface area contributed by atoms with E-state index in [0.717, 1.165) is 24.9 Å². The van der Waals surface area contributed by atoms with Crippen LogP contribution in [0.2, 0.25) is 0 Å². The van der Waals surface area contributed by atoms with E-state index in [4.69, 9.17) is 4.74 Å². The van der Waals surface area contributed by atoms with Gasteiger partial charge in [0, 0.05) is 18.9 Å². The summed E-state index contributed by atoms with van der Waals surface area (Å²) in [6.07, 6.45) is 7.13. The first-order valence-corrected chi connectivity index (χ1v) is 7.87. The second-order valence-electron chi connectivity index (χ2n) is 5.68. The lowest BCUT2D eigenvalue weighted by atomic mass is 10.1. The number of aryl methyl sites for hydroxylation is 2. The fourth-order valence-electron chi connectivity index (χ4n) is 2.68. The van der Waals surface area contributed by atoms with Crippen LogP contribution in [-0.2, 0) is 6.42 Å². The van der Waals surface area contributed by atoms with Gasteiger partial charge in [0.1, 0.15) is 12.4 Å². The van der Waals surface area contributed by atoms with E-state index in [1.807, 2.05) is 18.7 Å². The first-order valence-electron chi connectivity index (χ1n) is 7.87. The van der Waals surface area contributed by atoms with Crippen molar-refractivity contribution in [3.8, 4) is 6.01 Å². The van der Waals surface area contributed by atoms with Crippen LogP contribution >= 0.6 is 0 Å². The van der Waals surface area contributed by atoms with Crippen LogP contribution in [0.3, 0.4) is 0 Å². The molecule has 2 aromatic rings. The minimum atomic E-state index is -0.331. The normalized spacial score (nSPS) is 18.0. The lowest BCUT2D eigenvalue weighted by Gasteiger charge is -2.33. The van der Waals surface area contributed by atoms with Crippen molar-refractivity contribution in [3.63, 3.8) is 0 Å². The molecule has 0 saturated carbocycles. The fourth-order valence-corrected chi connectivity index (χ4v) is 2.68. The van der Waals surface area contributed by atoms with Gasteiger partial charge in [-0.1, -0.05) is 6.92 Å². The molecule has 0 N–H and O–H groups in total. The van der Waals surface area contributed by atoms with Crippen molar-refractivity contribution in [2.75, 3.05) is 18.0 Å². The third-order valence-corrected chi connectivity index (χ3v) is 3.89. The van der Waals surface area contributed by atoms with Crippen molar-refractivity contribution in [3.05, 3.63) is 35.8 Å². The predicted molar refractivity (Wildman–Crippen MR) is 84.0 cm³/mol. The summed E-state index contributed by atoms with van der Waals surface area (Å²) < 4.78 is 20.3. The summed E-state index contributed by atoms with van der Waals surface area (Å²) in [6, 6.07) is 0.361. The van der Waals surface area contributed by atoms with Crippen LogP contribution in [0.5, 0.6) is 6.01 Å². The molecule has 6 nitrogen and oxygen atoms in total. The number of rotatable bonds is 4. The quantitative estimate of drug-likeness (QED) is 0.862. The summed E-state index contributed by atoms with van der Waals surface area (Å²) in [6.45, 7) is 5.13. The number of halogens is 1. The summed E-state index contributed by atoms with van der Waals surface area (Å²) >= 11 is 0. The van der Waals surface area contributed by atoms with Crippen LogP contribution in [0.25, 0.3) is 0 Å². The number of piperidine rings is 1. The second kappa shape index (κ2) is 6.85. The summed E-state index contributed by atoms with van der Waals surface area (Å²) in [5, 5.41) is 0. The molecule has 1 unspecified atom stereocenters. The summed E-state index contributed by atoms with van der Waals surface area (Å²) in [4.78, 5) is 18.3. The molecule has 0 aromatic carbocycles. The molecule has 0 aliphatic carbocycles. The van der Waals surface area contributed by atoms with Gasteiger partial charge in [0.2, 0.25) is 0 Å². The maximum Gasteiger partial charge on any atom is 0.316 e. The van der Waals surface area contributed by atoms with Gasteiger partial charge in [-0.15, -0.1) is 0 Å². The molecular weight excluding hydrogens is 297 g/mol. The van der Waals surface area contributed by atoms with E-state index in [2.05, 4.69) is 19.9 Å². The van der Waals surface area contributed by atoms with Crippen molar-refractivity contribution in [2.24, 2.45) is 0 Å². The van der Waals surface area contributed by atoms with Crippen LogP contribution in [0.15, 0.2) is 18.7 Å². The zero-order valence-corrected chi connectivity index (χ0v) is 13.4. The lowest BCUT2D eigenvalue weighted by molar-refractivity contribution is 0.164. The van der Waals surface area contributed by atoms with Crippen LogP contribution in [0.1, 0.15) is 31.0 Å². The molecule has 1 aliphatic heterocycles. The minimum absolute atomic E-state index is 0.0779. The van der Waals surface area contributed by atoms with Gasteiger partial charge in [-0.05, 0) is 31.7 Å². The lowest BCUT2D eigenvalue weighted by Crippen LogP contribution is -2.42. The van der Waals surface area contributed by atoms with Crippen molar-refractivity contribution in [1.82, 2.24) is 19.9 Å². The summed E-state index contributed by atoms with van der Waals surface area (Å²) in [5.41, 5.74) is 1.43. The predicted octanol–water partition coefficient (Wildman–Crippen LogP) is 2.32. The number of anilines is 1.